The quantitative estimate of drug-likeness (QED) is 0.502. The molecular formula is C20H31N3O. The predicted octanol–water partition coefficient (Wildman–Crippen LogP) is 3.78. The maximum absolute atomic E-state index is 6.15. The van der Waals surface area contributed by atoms with Crippen molar-refractivity contribution < 1.29 is 4.74 Å². The van der Waals surface area contributed by atoms with E-state index in [2.05, 4.69) is 34.6 Å². The van der Waals surface area contributed by atoms with E-state index in [1.165, 1.54) is 44.1 Å². The maximum atomic E-state index is 6.15. The van der Waals surface area contributed by atoms with Crippen LogP contribution < -0.4 is 11.1 Å². The molecule has 0 spiro atoms. The van der Waals surface area contributed by atoms with Crippen molar-refractivity contribution in [2.75, 3.05) is 13.2 Å². The summed E-state index contributed by atoms with van der Waals surface area (Å²) in [4.78, 5) is 4.65. The Bertz CT molecular complexity index is 509. The van der Waals surface area contributed by atoms with Gasteiger partial charge in [0.25, 0.3) is 0 Å². The standard InChI is InChI=1S/C20H31N3O/c21-20(23-18-12-6-1-2-7-13-18)22-15-17-11-8-14-24-19(17)16-9-4-3-5-10-16/h3-5,9-10,17-19H,1-2,6-8,11-15H2,(H3,21,22,23). The average Bonchev–Trinajstić information content (AvgIpc) is 2.90. The third-order valence-corrected chi connectivity index (χ3v) is 5.28. The number of hydrogen-bond donors (Lipinski definition) is 2. The molecule has 1 aromatic carbocycles. The summed E-state index contributed by atoms with van der Waals surface area (Å²) in [6.07, 6.45) is 10.2. The molecule has 0 radical (unpaired) electrons. The van der Waals surface area contributed by atoms with Crippen LogP contribution in [-0.4, -0.2) is 25.2 Å². The summed E-state index contributed by atoms with van der Waals surface area (Å²) >= 11 is 0. The SMILES string of the molecule is NC(=NCC1CCCOC1c1ccccc1)NC1CCCCCC1. The number of benzene rings is 1. The number of hydrogen-bond acceptors (Lipinski definition) is 2. The van der Waals surface area contributed by atoms with E-state index in [9.17, 15) is 0 Å². The lowest BCUT2D eigenvalue weighted by Crippen LogP contribution is -2.40. The molecule has 24 heavy (non-hydrogen) atoms. The number of rotatable bonds is 4. The number of nitrogens with zero attached hydrogens (tertiary/aromatic N) is 1. The van der Waals surface area contributed by atoms with Crippen LogP contribution in [0.4, 0.5) is 0 Å². The zero-order chi connectivity index (χ0) is 16.6. The van der Waals surface area contributed by atoms with E-state index < -0.39 is 0 Å². The highest BCUT2D eigenvalue weighted by Crippen LogP contribution is 2.33. The normalized spacial score (nSPS) is 26.8. The van der Waals surface area contributed by atoms with Gasteiger partial charge in [0.1, 0.15) is 0 Å². The first kappa shape index (κ1) is 17.3. The number of nitrogens with two attached hydrogens (primary N) is 1. The molecule has 2 unspecified atom stereocenters. The second-order valence-electron chi connectivity index (χ2n) is 7.16. The highest BCUT2D eigenvalue weighted by molar-refractivity contribution is 5.78. The van der Waals surface area contributed by atoms with E-state index in [1.807, 2.05) is 6.07 Å². The molecule has 2 fully saturated rings. The van der Waals surface area contributed by atoms with Crippen LogP contribution in [0, 0.1) is 5.92 Å². The molecule has 2 aliphatic rings. The minimum absolute atomic E-state index is 0.148. The molecule has 3 rings (SSSR count). The minimum atomic E-state index is 0.148. The third-order valence-electron chi connectivity index (χ3n) is 5.28. The van der Waals surface area contributed by atoms with Gasteiger partial charge in [0.05, 0.1) is 6.10 Å². The zero-order valence-corrected chi connectivity index (χ0v) is 14.6. The summed E-state index contributed by atoms with van der Waals surface area (Å²) in [5, 5.41) is 3.44. The van der Waals surface area contributed by atoms with E-state index >= 15 is 0 Å². The number of guanidine groups is 1. The summed E-state index contributed by atoms with van der Waals surface area (Å²) in [6, 6.07) is 11.0. The predicted molar refractivity (Wildman–Crippen MR) is 99.0 cm³/mol. The fraction of sp³-hybridized carbons (Fsp3) is 0.650. The Labute approximate surface area is 145 Å². The van der Waals surface area contributed by atoms with Crippen molar-refractivity contribution in [2.24, 2.45) is 16.6 Å². The largest absolute Gasteiger partial charge is 0.373 e. The van der Waals surface area contributed by atoms with Crippen molar-refractivity contribution in [3.05, 3.63) is 35.9 Å². The second-order valence-corrected chi connectivity index (χ2v) is 7.16. The maximum Gasteiger partial charge on any atom is 0.188 e. The molecule has 4 nitrogen and oxygen atoms in total. The molecule has 0 aromatic heterocycles. The van der Waals surface area contributed by atoms with Crippen molar-refractivity contribution in [2.45, 2.75) is 63.5 Å². The van der Waals surface area contributed by atoms with Gasteiger partial charge in [-0.3, -0.25) is 4.99 Å². The van der Waals surface area contributed by atoms with Gasteiger partial charge in [-0.05, 0) is 31.2 Å². The molecule has 2 atom stereocenters. The van der Waals surface area contributed by atoms with Crippen molar-refractivity contribution in [3.63, 3.8) is 0 Å². The van der Waals surface area contributed by atoms with E-state index in [4.69, 9.17) is 10.5 Å². The van der Waals surface area contributed by atoms with Crippen LogP contribution in [0.3, 0.4) is 0 Å². The molecule has 132 valence electrons. The zero-order valence-electron chi connectivity index (χ0n) is 14.6. The molecule has 1 aliphatic heterocycles. The van der Waals surface area contributed by atoms with Crippen molar-refractivity contribution >= 4 is 5.96 Å². The van der Waals surface area contributed by atoms with Crippen molar-refractivity contribution in [1.82, 2.24) is 5.32 Å². The van der Waals surface area contributed by atoms with Crippen LogP contribution in [0.2, 0.25) is 0 Å². The van der Waals surface area contributed by atoms with Crippen molar-refractivity contribution in [1.29, 1.82) is 0 Å². The van der Waals surface area contributed by atoms with Crippen LogP contribution >= 0.6 is 0 Å². The fourth-order valence-corrected chi connectivity index (χ4v) is 3.94. The first-order chi connectivity index (χ1) is 11.8. The molecule has 1 saturated carbocycles. The molecule has 1 heterocycles. The first-order valence-electron chi connectivity index (χ1n) is 9.56. The summed E-state index contributed by atoms with van der Waals surface area (Å²) in [5.74, 6) is 1.02. The Balaban J connectivity index is 1.56. The Kier molecular flexibility index (Phi) is 6.53. The van der Waals surface area contributed by atoms with Gasteiger partial charge >= 0.3 is 0 Å². The van der Waals surface area contributed by atoms with Crippen LogP contribution in [0.25, 0.3) is 0 Å². The van der Waals surface area contributed by atoms with Crippen LogP contribution in [-0.2, 0) is 4.74 Å². The fourth-order valence-electron chi connectivity index (χ4n) is 3.94. The highest BCUT2D eigenvalue weighted by atomic mass is 16.5. The van der Waals surface area contributed by atoms with Gasteiger partial charge in [-0.2, -0.15) is 0 Å². The molecule has 0 amide bonds. The Morgan fingerprint density at radius 3 is 2.54 bits per heavy atom. The summed E-state index contributed by atoms with van der Waals surface area (Å²) in [5.41, 5.74) is 7.41. The molecule has 3 N–H and O–H groups in total. The summed E-state index contributed by atoms with van der Waals surface area (Å²) in [7, 11) is 0. The molecule has 1 saturated heterocycles. The number of ether oxygens (including phenoxy) is 1. The first-order valence-corrected chi connectivity index (χ1v) is 9.56. The lowest BCUT2D eigenvalue weighted by molar-refractivity contribution is -0.0250. The minimum Gasteiger partial charge on any atom is -0.373 e. The molecule has 1 aromatic rings. The molecule has 4 heteroatoms. The molecule has 0 bridgehead atoms. The molecule has 1 aliphatic carbocycles. The third kappa shape index (κ3) is 4.97. The Morgan fingerprint density at radius 2 is 1.79 bits per heavy atom. The smallest absolute Gasteiger partial charge is 0.188 e. The average molecular weight is 329 g/mol. The van der Waals surface area contributed by atoms with Gasteiger partial charge in [0.15, 0.2) is 5.96 Å². The Morgan fingerprint density at radius 1 is 1.04 bits per heavy atom. The number of aliphatic imine (C=N–C) groups is 1. The Hall–Kier alpha value is -1.55. The van der Waals surface area contributed by atoms with Gasteiger partial charge < -0.3 is 15.8 Å². The van der Waals surface area contributed by atoms with Crippen LogP contribution in [0.1, 0.15) is 63.0 Å². The van der Waals surface area contributed by atoms with E-state index in [1.54, 1.807) is 0 Å². The summed E-state index contributed by atoms with van der Waals surface area (Å²) < 4.78 is 6.04. The van der Waals surface area contributed by atoms with Gasteiger partial charge in [-0.15, -0.1) is 0 Å². The van der Waals surface area contributed by atoms with Gasteiger partial charge in [0, 0.05) is 25.1 Å². The lowest BCUT2D eigenvalue weighted by atomic mass is 9.89. The monoisotopic (exact) mass is 329 g/mol. The highest BCUT2D eigenvalue weighted by Gasteiger charge is 2.27. The van der Waals surface area contributed by atoms with E-state index in [0.717, 1.165) is 26.0 Å². The van der Waals surface area contributed by atoms with Crippen LogP contribution in [0.5, 0.6) is 0 Å². The van der Waals surface area contributed by atoms with Crippen molar-refractivity contribution in [3.8, 4) is 0 Å². The van der Waals surface area contributed by atoms with Crippen LogP contribution in [0.15, 0.2) is 35.3 Å². The van der Waals surface area contributed by atoms with E-state index in [0.29, 0.717) is 17.9 Å². The van der Waals surface area contributed by atoms with Gasteiger partial charge in [-0.25, -0.2) is 0 Å². The topological polar surface area (TPSA) is 59.6 Å². The van der Waals surface area contributed by atoms with E-state index in [-0.39, 0.29) is 6.10 Å². The molecular weight excluding hydrogens is 298 g/mol. The lowest BCUT2D eigenvalue weighted by Gasteiger charge is -2.31. The van der Waals surface area contributed by atoms with Gasteiger partial charge in [0.2, 0.25) is 0 Å². The number of nitrogens with one attached hydrogen (secondary N) is 1. The van der Waals surface area contributed by atoms with Gasteiger partial charge in [-0.1, -0.05) is 56.0 Å². The summed E-state index contributed by atoms with van der Waals surface area (Å²) in [6.45, 7) is 1.58. The second kappa shape index (κ2) is 9.07.